The Bertz CT molecular complexity index is 507. The molecule has 0 bridgehead atoms. The summed E-state index contributed by atoms with van der Waals surface area (Å²) in [7, 11) is 0. The normalized spacial score (nSPS) is 10.8. The molecule has 0 saturated carbocycles. The Labute approximate surface area is 112 Å². The van der Waals surface area contributed by atoms with Gasteiger partial charge in [0.15, 0.2) is 5.75 Å². The standard InChI is InChI=1S/C11H12BrN3OS/c1-6(2)10-14-11(17-15-10)16-9-7(12)4-3-5-8(9)13/h3-6H,13H2,1-2H3. The van der Waals surface area contributed by atoms with Gasteiger partial charge in [-0.15, -0.1) is 0 Å². The second kappa shape index (κ2) is 5.01. The van der Waals surface area contributed by atoms with Gasteiger partial charge < -0.3 is 10.5 Å². The van der Waals surface area contributed by atoms with Crippen LogP contribution in [0.2, 0.25) is 0 Å². The molecule has 90 valence electrons. The van der Waals surface area contributed by atoms with Gasteiger partial charge in [0, 0.05) is 17.5 Å². The number of hydrogen-bond donors (Lipinski definition) is 1. The van der Waals surface area contributed by atoms with Crippen molar-refractivity contribution in [3.8, 4) is 10.9 Å². The highest BCUT2D eigenvalue weighted by atomic mass is 79.9. The van der Waals surface area contributed by atoms with Gasteiger partial charge >= 0.3 is 0 Å². The second-order valence-corrected chi connectivity index (χ2v) is 5.40. The zero-order valence-corrected chi connectivity index (χ0v) is 11.9. The summed E-state index contributed by atoms with van der Waals surface area (Å²) in [5.41, 5.74) is 6.41. The molecular weight excluding hydrogens is 302 g/mol. The molecule has 0 amide bonds. The Kier molecular flexibility index (Phi) is 3.63. The molecule has 2 N–H and O–H groups in total. The maximum absolute atomic E-state index is 5.84. The van der Waals surface area contributed by atoms with E-state index in [9.17, 15) is 0 Å². The molecule has 6 heteroatoms. The van der Waals surface area contributed by atoms with Gasteiger partial charge in [0.1, 0.15) is 5.82 Å². The molecule has 0 aliphatic rings. The first-order valence-electron chi connectivity index (χ1n) is 5.13. The van der Waals surface area contributed by atoms with Crippen molar-refractivity contribution < 1.29 is 4.74 Å². The molecule has 1 heterocycles. The monoisotopic (exact) mass is 313 g/mol. The van der Waals surface area contributed by atoms with E-state index in [1.807, 2.05) is 26.0 Å². The molecule has 0 aliphatic carbocycles. The Morgan fingerprint density at radius 3 is 2.76 bits per heavy atom. The van der Waals surface area contributed by atoms with E-state index in [1.165, 1.54) is 11.5 Å². The van der Waals surface area contributed by atoms with Crippen LogP contribution in [0.4, 0.5) is 5.69 Å². The van der Waals surface area contributed by atoms with Gasteiger partial charge in [0.25, 0.3) is 5.19 Å². The number of halogens is 1. The van der Waals surface area contributed by atoms with Crippen LogP contribution in [0.25, 0.3) is 0 Å². The second-order valence-electron chi connectivity index (χ2n) is 3.83. The van der Waals surface area contributed by atoms with Crippen molar-refractivity contribution >= 4 is 33.1 Å². The third-order valence-corrected chi connectivity index (χ3v) is 3.36. The fourth-order valence-corrected chi connectivity index (χ4v) is 2.36. The van der Waals surface area contributed by atoms with E-state index in [2.05, 4.69) is 25.3 Å². The van der Waals surface area contributed by atoms with Gasteiger partial charge in [-0.3, -0.25) is 0 Å². The summed E-state index contributed by atoms with van der Waals surface area (Å²) < 4.78 is 10.7. The molecule has 1 aromatic heterocycles. The number of rotatable bonds is 3. The topological polar surface area (TPSA) is 61.0 Å². The summed E-state index contributed by atoms with van der Waals surface area (Å²) in [5, 5.41) is 0.507. The molecule has 4 nitrogen and oxygen atoms in total. The van der Waals surface area contributed by atoms with Gasteiger partial charge in [0.05, 0.1) is 10.2 Å². The van der Waals surface area contributed by atoms with Gasteiger partial charge in [0.2, 0.25) is 0 Å². The van der Waals surface area contributed by atoms with Crippen molar-refractivity contribution in [2.45, 2.75) is 19.8 Å². The summed E-state index contributed by atoms with van der Waals surface area (Å²) in [4.78, 5) is 4.30. The van der Waals surface area contributed by atoms with Crippen molar-refractivity contribution in [3.63, 3.8) is 0 Å². The van der Waals surface area contributed by atoms with Crippen molar-refractivity contribution in [1.29, 1.82) is 0 Å². The smallest absolute Gasteiger partial charge is 0.298 e. The fraction of sp³-hybridized carbons (Fsp3) is 0.273. The molecule has 17 heavy (non-hydrogen) atoms. The number of nitrogen functional groups attached to an aromatic ring is 1. The van der Waals surface area contributed by atoms with Crippen LogP contribution < -0.4 is 10.5 Å². The average Bonchev–Trinajstić information content (AvgIpc) is 2.72. The van der Waals surface area contributed by atoms with Crippen LogP contribution in [-0.2, 0) is 0 Å². The molecule has 0 saturated heterocycles. The summed E-state index contributed by atoms with van der Waals surface area (Å²) in [5.74, 6) is 1.66. The van der Waals surface area contributed by atoms with E-state index in [1.54, 1.807) is 6.07 Å². The lowest BCUT2D eigenvalue weighted by atomic mass is 10.2. The molecule has 0 fully saturated rings. The molecule has 2 aromatic rings. The van der Waals surface area contributed by atoms with Gasteiger partial charge in [-0.1, -0.05) is 19.9 Å². The van der Waals surface area contributed by atoms with Gasteiger partial charge in [-0.25, -0.2) is 0 Å². The van der Waals surface area contributed by atoms with Gasteiger partial charge in [-0.05, 0) is 28.1 Å². The quantitative estimate of drug-likeness (QED) is 0.875. The minimum absolute atomic E-state index is 0.292. The number of anilines is 1. The predicted molar refractivity (Wildman–Crippen MR) is 72.6 cm³/mol. The highest BCUT2D eigenvalue weighted by Crippen LogP contribution is 2.35. The third-order valence-electron chi connectivity index (χ3n) is 2.13. The largest absolute Gasteiger partial charge is 0.426 e. The fourth-order valence-electron chi connectivity index (χ4n) is 1.22. The number of nitrogens with zero attached hydrogens (tertiary/aromatic N) is 2. The number of benzene rings is 1. The summed E-state index contributed by atoms with van der Waals surface area (Å²) in [6, 6.07) is 5.51. The third kappa shape index (κ3) is 2.76. The minimum atomic E-state index is 0.292. The van der Waals surface area contributed by atoms with E-state index in [0.29, 0.717) is 22.5 Å². The van der Waals surface area contributed by atoms with Crippen LogP contribution in [0.1, 0.15) is 25.6 Å². The highest BCUT2D eigenvalue weighted by Gasteiger charge is 2.12. The van der Waals surface area contributed by atoms with Crippen LogP contribution in [0.3, 0.4) is 0 Å². The van der Waals surface area contributed by atoms with Crippen LogP contribution >= 0.6 is 27.5 Å². The number of hydrogen-bond acceptors (Lipinski definition) is 5. The Morgan fingerprint density at radius 1 is 1.41 bits per heavy atom. The number of aromatic nitrogens is 2. The molecule has 2 rings (SSSR count). The zero-order valence-electron chi connectivity index (χ0n) is 9.48. The highest BCUT2D eigenvalue weighted by molar-refractivity contribution is 9.10. The molecule has 0 spiro atoms. The van der Waals surface area contributed by atoms with E-state index in [0.717, 1.165) is 10.3 Å². The van der Waals surface area contributed by atoms with Crippen LogP contribution in [0, 0.1) is 0 Å². The van der Waals surface area contributed by atoms with Crippen molar-refractivity contribution in [2.24, 2.45) is 0 Å². The predicted octanol–water partition coefficient (Wildman–Crippen LogP) is 3.80. The van der Waals surface area contributed by atoms with Crippen molar-refractivity contribution in [2.75, 3.05) is 5.73 Å². The number of para-hydroxylation sites is 1. The van der Waals surface area contributed by atoms with Gasteiger partial charge in [-0.2, -0.15) is 9.36 Å². The first kappa shape index (κ1) is 12.3. The molecule has 1 aromatic carbocycles. The van der Waals surface area contributed by atoms with Crippen LogP contribution in [0.5, 0.6) is 10.9 Å². The van der Waals surface area contributed by atoms with E-state index in [-0.39, 0.29) is 0 Å². The maximum Gasteiger partial charge on any atom is 0.298 e. The molecule has 0 unspecified atom stereocenters. The average molecular weight is 314 g/mol. The molecule has 0 aliphatic heterocycles. The lowest BCUT2D eigenvalue weighted by molar-refractivity contribution is 0.475. The molecular formula is C11H12BrN3OS. The SMILES string of the molecule is CC(C)c1nsc(Oc2c(N)cccc2Br)n1. The number of nitrogens with two attached hydrogens (primary N) is 1. The lowest BCUT2D eigenvalue weighted by Crippen LogP contribution is -1.93. The number of ether oxygens (including phenoxy) is 1. The maximum atomic E-state index is 5.84. The Hall–Kier alpha value is -1.14. The Morgan fingerprint density at radius 2 is 2.18 bits per heavy atom. The molecule has 0 atom stereocenters. The first-order chi connectivity index (χ1) is 8.08. The zero-order chi connectivity index (χ0) is 12.4. The lowest BCUT2D eigenvalue weighted by Gasteiger charge is -2.06. The van der Waals surface area contributed by atoms with E-state index in [4.69, 9.17) is 10.5 Å². The van der Waals surface area contributed by atoms with Crippen molar-refractivity contribution in [1.82, 2.24) is 9.36 Å². The van der Waals surface area contributed by atoms with E-state index >= 15 is 0 Å². The summed E-state index contributed by atoms with van der Waals surface area (Å²) in [6.45, 7) is 4.08. The molecule has 0 radical (unpaired) electrons. The minimum Gasteiger partial charge on any atom is -0.426 e. The first-order valence-corrected chi connectivity index (χ1v) is 6.70. The van der Waals surface area contributed by atoms with E-state index < -0.39 is 0 Å². The Balaban J connectivity index is 2.25. The van der Waals surface area contributed by atoms with Crippen molar-refractivity contribution in [3.05, 3.63) is 28.5 Å². The summed E-state index contributed by atoms with van der Waals surface area (Å²) in [6.07, 6.45) is 0. The van der Waals surface area contributed by atoms with Crippen LogP contribution in [0.15, 0.2) is 22.7 Å². The summed E-state index contributed by atoms with van der Waals surface area (Å²) >= 11 is 4.62. The van der Waals surface area contributed by atoms with Crippen LogP contribution in [-0.4, -0.2) is 9.36 Å².